The van der Waals surface area contributed by atoms with Crippen LogP contribution in [0.5, 0.6) is 17.2 Å². The number of rotatable bonds is 12. The number of amides is 2. The molecule has 0 aliphatic carbocycles. The van der Waals surface area contributed by atoms with Crippen molar-refractivity contribution in [1.82, 2.24) is 9.80 Å². The summed E-state index contributed by atoms with van der Waals surface area (Å²) in [4.78, 5) is 17.4. The first kappa shape index (κ1) is 35.8. The van der Waals surface area contributed by atoms with Gasteiger partial charge in [-0.05, 0) is 85.5 Å². The summed E-state index contributed by atoms with van der Waals surface area (Å²) in [7, 11) is -3.34. The lowest BCUT2D eigenvalue weighted by Gasteiger charge is -2.38. The third-order valence-electron chi connectivity index (χ3n) is 7.07. The van der Waals surface area contributed by atoms with E-state index in [4.69, 9.17) is 4.74 Å². The highest BCUT2D eigenvalue weighted by Crippen LogP contribution is 2.27. The summed E-state index contributed by atoms with van der Waals surface area (Å²) >= 11 is 0. The summed E-state index contributed by atoms with van der Waals surface area (Å²) in [6.45, 7) is 5.04. The SMILES string of the molecule is CCCCN(C(=O)Nc1ccc(OC(F)(F)F)cc1)C1CCN(Cc2ccc(Oc3ccc(NS(C)(=O)=O)cc3)cc2)CC1.Cl. The minimum atomic E-state index is -4.77. The monoisotopic (exact) mass is 670 g/mol. The van der Waals surface area contributed by atoms with Gasteiger partial charge in [0.25, 0.3) is 0 Å². The lowest BCUT2D eigenvalue weighted by molar-refractivity contribution is -0.274. The fraction of sp³-hybridized carbons (Fsp3) is 0.387. The molecule has 1 aliphatic rings. The number of nitrogens with one attached hydrogen (secondary N) is 2. The van der Waals surface area contributed by atoms with Crippen molar-refractivity contribution in [3.63, 3.8) is 0 Å². The predicted molar refractivity (Wildman–Crippen MR) is 171 cm³/mol. The Labute approximate surface area is 268 Å². The summed E-state index contributed by atoms with van der Waals surface area (Å²) < 4.78 is 72.3. The van der Waals surface area contributed by atoms with Crippen LogP contribution >= 0.6 is 12.4 Å². The summed E-state index contributed by atoms with van der Waals surface area (Å²) in [6, 6.07) is 19.4. The molecule has 4 rings (SSSR count). The summed E-state index contributed by atoms with van der Waals surface area (Å²) in [5.41, 5.74) is 1.99. The van der Waals surface area contributed by atoms with Crippen molar-refractivity contribution >= 4 is 39.8 Å². The van der Waals surface area contributed by atoms with Gasteiger partial charge < -0.3 is 19.7 Å². The van der Waals surface area contributed by atoms with Crippen LogP contribution in [0.25, 0.3) is 0 Å². The minimum absolute atomic E-state index is 0. The number of nitrogens with zero attached hydrogens (tertiary/aromatic N) is 2. The molecule has 1 fully saturated rings. The quantitative estimate of drug-likeness (QED) is 0.207. The van der Waals surface area contributed by atoms with Gasteiger partial charge >= 0.3 is 12.4 Å². The highest BCUT2D eigenvalue weighted by Gasteiger charge is 2.31. The largest absolute Gasteiger partial charge is 0.573 e. The third kappa shape index (κ3) is 12.0. The number of hydrogen-bond donors (Lipinski definition) is 2. The topological polar surface area (TPSA) is 100 Å². The maximum Gasteiger partial charge on any atom is 0.573 e. The first-order valence-corrected chi connectivity index (χ1v) is 16.3. The molecular formula is C31H38ClF3N4O5S. The maximum absolute atomic E-state index is 13.2. The maximum atomic E-state index is 13.2. The highest BCUT2D eigenvalue weighted by atomic mass is 35.5. The highest BCUT2D eigenvalue weighted by molar-refractivity contribution is 7.92. The lowest BCUT2D eigenvalue weighted by atomic mass is 10.0. The average molecular weight is 671 g/mol. The molecule has 0 atom stereocenters. The van der Waals surface area contributed by atoms with E-state index in [9.17, 15) is 26.4 Å². The van der Waals surface area contributed by atoms with Crippen molar-refractivity contribution in [3.8, 4) is 17.2 Å². The van der Waals surface area contributed by atoms with Crippen molar-refractivity contribution in [3.05, 3.63) is 78.4 Å². The molecule has 14 heteroatoms. The Kier molecular flexibility index (Phi) is 12.8. The standard InChI is InChI=1S/C31H37F3N4O5S.ClH/c1-3-4-19-38(30(39)35-24-7-15-29(16-8-24)43-31(32,33)34)26-17-20-37(21-18-26)22-23-5-11-27(12-6-23)42-28-13-9-25(10-14-28)36-44(2,40)41;/h5-16,26,36H,3-4,17-22H2,1-2H3,(H,35,39);1H. The van der Waals surface area contributed by atoms with E-state index in [-0.39, 0.29) is 30.2 Å². The fourth-order valence-electron chi connectivity index (χ4n) is 4.97. The van der Waals surface area contributed by atoms with Crippen molar-refractivity contribution in [2.75, 3.05) is 35.9 Å². The van der Waals surface area contributed by atoms with Gasteiger partial charge in [0, 0.05) is 43.6 Å². The molecule has 3 aromatic rings. The van der Waals surface area contributed by atoms with E-state index in [0.717, 1.165) is 57.1 Å². The van der Waals surface area contributed by atoms with Gasteiger partial charge in [-0.15, -0.1) is 25.6 Å². The van der Waals surface area contributed by atoms with Gasteiger partial charge in [0.1, 0.15) is 17.2 Å². The number of unbranched alkanes of at least 4 members (excludes halogenated alkanes) is 1. The Morgan fingerprint density at radius 3 is 1.98 bits per heavy atom. The molecule has 1 aliphatic heterocycles. The predicted octanol–water partition coefficient (Wildman–Crippen LogP) is 7.47. The van der Waals surface area contributed by atoms with Gasteiger partial charge in [-0.2, -0.15) is 0 Å². The van der Waals surface area contributed by atoms with Crippen LogP contribution in [0.1, 0.15) is 38.2 Å². The molecule has 9 nitrogen and oxygen atoms in total. The Morgan fingerprint density at radius 2 is 1.44 bits per heavy atom. The van der Waals surface area contributed by atoms with Gasteiger partial charge in [-0.25, -0.2) is 13.2 Å². The Hall–Kier alpha value is -3.68. The molecule has 246 valence electrons. The van der Waals surface area contributed by atoms with Gasteiger partial charge in [-0.3, -0.25) is 9.62 Å². The second-order valence-corrected chi connectivity index (χ2v) is 12.4. The van der Waals surface area contributed by atoms with Crippen LogP contribution in [0.3, 0.4) is 0 Å². The molecule has 45 heavy (non-hydrogen) atoms. The van der Waals surface area contributed by atoms with Gasteiger partial charge in [0.15, 0.2) is 0 Å². The number of sulfonamides is 1. The number of carbonyl (C=O) groups is 1. The first-order valence-electron chi connectivity index (χ1n) is 14.4. The van der Waals surface area contributed by atoms with Crippen LogP contribution in [-0.2, 0) is 16.6 Å². The fourth-order valence-corrected chi connectivity index (χ4v) is 5.53. The number of piperidine rings is 1. The van der Waals surface area contributed by atoms with E-state index in [0.29, 0.717) is 29.4 Å². The van der Waals surface area contributed by atoms with Crippen molar-refractivity contribution < 1.29 is 35.9 Å². The Balaban J connectivity index is 0.00000552. The molecule has 2 amide bonds. The van der Waals surface area contributed by atoms with Crippen LogP contribution in [-0.4, -0.2) is 62.5 Å². The molecule has 0 unspecified atom stereocenters. The number of likely N-dealkylation sites (tertiary alicyclic amines) is 1. The molecule has 0 bridgehead atoms. The van der Waals surface area contributed by atoms with E-state index >= 15 is 0 Å². The lowest BCUT2D eigenvalue weighted by Crippen LogP contribution is -2.49. The van der Waals surface area contributed by atoms with Crippen molar-refractivity contribution in [1.29, 1.82) is 0 Å². The van der Waals surface area contributed by atoms with Crippen LogP contribution in [0.2, 0.25) is 0 Å². The van der Waals surface area contributed by atoms with Crippen LogP contribution in [0.4, 0.5) is 29.3 Å². The molecule has 1 saturated heterocycles. The minimum Gasteiger partial charge on any atom is -0.457 e. The van der Waals surface area contributed by atoms with E-state index in [1.165, 1.54) is 24.3 Å². The van der Waals surface area contributed by atoms with Crippen molar-refractivity contribution in [2.24, 2.45) is 0 Å². The van der Waals surface area contributed by atoms with Crippen molar-refractivity contribution in [2.45, 2.75) is 51.6 Å². The number of alkyl halides is 3. The van der Waals surface area contributed by atoms with E-state index in [1.807, 2.05) is 29.2 Å². The normalized spacial score (nSPS) is 14.2. The number of urea groups is 1. The molecule has 0 spiro atoms. The zero-order valence-corrected chi connectivity index (χ0v) is 26.7. The second-order valence-electron chi connectivity index (χ2n) is 10.7. The summed E-state index contributed by atoms with van der Waals surface area (Å²) in [6.07, 6.45) is -0.287. The molecule has 3 aromatic carbocycles. The molecular weight excluding hydrogens is 633 g/mol. The van der Waals surface area contributed by atoms with Gasteiger partial charge in [-0.1, -0.05) is 25.5 Å². The molecule has 1 heterocycles. The number of anilines is 2. The van der Waals surface area contributed by atoms with Crippen LogP contribution in [0.15, 0.2) is 72.8 Å². The molecule has 0 aromatic heterocycles. The van der Waals surface area contributed by atoms with Gasteiger partial charge in [0.05, 0.1) is 6.26 Å². The van der Waals surface area contributed by atoms with Gasteiger partial charge in [0.2, 0.25) is 10.0 Å². The Bertz CT molecular complexity index is 1470. The molecule has 2 N–H and O–H groups in total. The average Bonchev–Trinajstić information content (AvgIpc) is 2.96. The zero-order valence-electron chi connectivity index (χ0n) is 25.0. The second kappa shape index (κ2) is 16.1. The number of ether oxygens (including phenoxy) is 2. The van der Waals surface area contributed by atoms with Crippen LogP contribution in [0, 0.1) is 0 Å². The Morgan fingerprint density at radius 1 is 0.911 bits per heavy atom. The van der Waals surface area contributed by atoms with E-state index in [2.05, 4.69) is 26.6 Å². The zero-order chi connectivity index (χ0) is 31.7. The number of benzene rings is 3. The van der Waals surface area contributed by atoms with E-state index < -0.39 is 16.4 Å². The number of hydrogen-bond acceptors (Lipinski definition) is 6. The van der Waals surface area contributed by atoms with Crippen LogP contribution < -0.4 is 19.5 Å². The summed E-state index contributed by atoms with van der Waals surface area (Å²) in [5.74, 6) is 0.906. The number of carbonyl (C=O) groups excluding carboxylic acids is 1. The molecule has 0 saturated carbocycles. The smallest absolute Gasteiger partial charge is 0.457 e. The number of halogens is 4. The third-order valence-corrected chi connectivity index (χ3v) is 7.68. The first-order chi connectivity index (χ1) is 20.9. The molecule has 0 radical (unpaired) electrons. The van der Waals surface area contributed by atoms with E-state index in [1.54, 1.807) is 24.3 Å². The summed E-state index contributed by atoms with van der Waals surface area (Å²) in [5, 5.41) is 2.82.